The second-order valence-corrected chi connectivity index (χ2v) is 4.63. The highest BCUT2D eigenvalue weighted by Crippen LogP contribution is 2.18. The molecule has 0 aromatic heterocycles. The smallest absolute Gasteiger partial charge is 0.238 e. The summed E-state index contributed by atoms with van der Waals surface area (Å²) in [7, 11) is 3.41. The van der Waals surface area contributed by atoms with Gasteiger partial charge in [-0.2, -0.15) is 0 Å². The van der Waals surface area contributed by atoms with Gasteiger partial charge in [0.1, 0.15) is 0 Å². The summed E-state index contributed by atoms with van der Waals surface area (Å²) < 4.78 is 0. The maximum atomic E-state index is 11.6. The maximum absolute atomic E-state index is 11.6. The molecule has 0 radical (unpaired) electrons. The van der Waals surface area contributed by atoms with Crippen molar-refractivity contribution >= 4 is 11.8 Å². The molecule has 0 aliphatic heterocycles. The number of carbonyl (C=O) groups excluding carboxylic acids is 2. The van der Waals surface area contributed by atoms with Crippen LogP contribution in [-0.4, -0.2) is 48.9 Å². The Labute approximate surface area is 96.6 Å². The minimum Gasteiger partial charge on any atom is -0.352 e. The number of nitrogens with zero attached hydrogens (tertiary/aromatic N) is 1. The van der Waals surface area contributed by atoms with E-state index in [1.165, 1.54) is 4.90 Å². The van der Waals surface area contributed by atoms with Crippen LogP contribution in [0.15, 0.2) is 0 Å². The van der Waals surface area contributed by atoms with Crippen LogP contribution in [0.5, 0.6) is 0 Å². The van der Waals surface area contributed by atoms with E-state index in [9.17, 15) is 9.59 Å². The van der Waals surface area contributed by atoms with Gasteiger partial charge in [0.2, 0.25) is 11.8 Å². The van der Waals surface area contributed by atoms with Gasteiger partial charge < -0.3 is 10.2 Å². The first-order valence-electron chi connectivity index (χ1n) is 5.69. The minimum atomic E-state index is -0.338. The molecular formula is C11H21N3O2. The lowest BCUT2D eigenvalue weighted by Crippen LogP contribution is -2.51. The van der Waals surface area contributed by atoms with Crippen LogP contribution in [-0.2, 0) is 9.59 Å². The molecule has 0 bridgehead atoms. The van der Waals surface area contributed by atoms with Gasteiger partial charge in [0.05, 0.1) is 12.1 Å². The number of hydrogen-bond donors (Lipinski definition) is 2. The number of nitrogens with one attached hydrogen (secondary N) is 2. The Morgan fingerprint density at radius 3 is 2.19 bits per heavy atom. The number of hydrogen-bond acceptors (Lipinski definition) is 3. The Morgan fingerprint density at radius 2 is 1.75 bits per heavy atom. The molecule has 2 N–H and O–H groups in total. The molecule has 2 unspecified atom stereocenters. The van der Waals surface area contributed by atoms with E-state index in [-0.39, 0.29) is 23.9 Å². The van der Waals surface area contributed by atoms with Gasteiger partial charge in [-0.1, -0.05) is 0 Å². The second kappa shape index (κ2) is 5.30. The molecule has 92 valence electrons. The summed E-state index contributed by atoms with van der Waals surface area (Å²) in [6.45, 7) is 3.54. The lowest BCUT2D eigenvalue weighted by atomic mass is 10.2. The van der Waals surface area contributed by atoms with Gasteiger partial charge in [0.25, 0.3) is 0 Å². The summed E-state index contributed by atoms with van der Waals surface area (Å²) in [6.07, 6.45) is 2.15. The SMILES string of the molecule is CC(NC(C)C(=O)N(C)C)C(=O)NC1CC1. The zero-order valence-electron chi connectivity index (χ0n) is 10.4. The molecule has 1 aliphatic rings. The number of carbonyl (C=O) groups is 2. The lowest BCUT2D eigenvalue weighted by molar-refractivity contribution is -0.131. The summed E-state index contributed by atoms with van der Waals surface area (Å²) in [5.41, 5.74) is 0. The Hall–Kier alpha value is -1.10. The van der Waals surface area contributed by atoms with Crippen LogP contribution in [0.4, 0.5) is 0 Å². The largest absolute Gasteiger partial charge is 0.352 e. The van der Waals surface area contributed by atoms with Crippen LogP contribution >= 0.6 is 0 Å². The summed E-state index contributed by atoms with van der Waals surface area (Å²) in [5.74, 6) is -0.0491. The Kier molecular flexibility index (Phi) is 4.29. The highest BCUT2D eigenvalue weighted by molar-refractivity contribution is 5.84. The van der Waals surface area contributed by atoms with Crippen LogP contribution in [0, 0.1) is 0 Å². The quantitative estimate of drug-likeness (QED) is 0.679. The molecular weight excluding hydrogens is 206 g/mol. The molecule has 0 aromatic rings. The predicted molar refractivity (Wildman–Crippen MR) is 61.9 cm³/mol. The van der Waals surface area contributed by atoms with E-state index in [1.54, 1.807) is 27.9 Å². The van der Waals surface area contributed by atoms with Gasteiger partial charge in [-0.05, 0) is 26.7 Å². The second-order valence-electron chi connectivity index (χ2n) is 4.63. The fourth-order valence-corrected chi connectivity index (χ4v) is 1.46. The van der Waals surface area contributed by atoms with Crippen LogP contribution in [0.25, 0.3) is 0 Å². The molecule has 1 saturated carbocycles. The van der Waals surface area contributed by atoms with E-state index >= 15 is 0 Å². The third-order valence-corrected chi connectivity index (χ3v) is 2.63. The first-order valence-corrected chi connectivity index (χ1v) is 5.69. The third-order valence-electron chi connectivity index (χ3n) is 2.63. The van der Waals surface area contributed by atoms with E-state index in [0.717, 1.165) is 12.8 Å². The molecule has 0 saturated heterocycles. The van der Waals surface area contributed by atoms with Crippen molar-refractivity contribution in [3.8, 4) is 0 Å². The monoisotopic (exact) mass is 227 g/mol. The molecule has 0 heterocycles. The highest BCUT2D eigenvalue weighted by Gasteiger charge is 2.27. The van der Waals surface area contributed by atoms with E-state index in [2.05, 4.69) is 10.6 Å². The van der Waals surface area contributed by atoms with Crippen molar-refractivity contribution in [2.45, 2.75) is 44.8 Å². The molecule has 0 spiro atoms. The van der Waals surface area contributed by atoms with Crippen molar-refractivity contribution < 1.29 is 9.59 Å². The van der Waals surface area contributed by atoms with Gasteiger partial charge in [0, 0.05) is 20.1 Å². The highest BCUT2D eigenvalue weighted by atomic mass is 16.2. The van der Waals surface area contributed by atoms with E-state index in [1.807, 2.05) is 0 Å². The Balaban J connectivity index is 2.33. The van der Waals surface area contributed by atoms with Crippen molar-refractivity contribution in [3.63, 3.8) is 0 Å². The van der Waals surface area contributed by atoms with Gasteiger partial charge in [-0.15, -0.1) is 0 Å². The van der Waals surface area contributed by atoms with Gasteiger partial charge in [-0.3, -0.25) is 14.9 Å². The molecule has 2 atom stereocenters. The predicted octanol–water partition coefficient (Wildman–Crippen LogP) is -0.280. The molecule has 2 amide bonds. The van der Waals surface area contributed by atoms with Crippen LogP contribution < -0.4 is 10.6 Å². The van der Waals surface area contributed by atoms with Crippen molar-refractivity contribution in [1.82, 2.24) is 15.5 Å². The van der Waals surface area contributed by atoms with Crippen LogP contribution in [0.1, 0.15) is 26.7 Å². The molecule has 5 heteroatoms. The average Bonchev–Trinajstić information content (AvgIpc) is 2.99. The topological polar surface area (TPSA) is 61.4 Å². The number of amides is 2. The fraction of sp³-hybridized carbons (Fsp3) is 0.818. The fourth-order valence-electron chi connectivity index (χ4n) is 1.46. The van der Waals surface area contributed by atoms with E-state index < -0.39 is 0 Å². The molecule has 16 heavy (non-hydrogen) atoms. The molecule has 5 nitrogen and oxygen atoms in total. The van der Waals surface area contributed by atoms with E-state index in [4.69, 9.17) is 0 Å². The van der Waals surface area contributed by atoms with Crippen LogP contribution in [0.2, 0.25) is 0 Å². The van der Waals surface area contributed by atoms with Crippen LogP contribution in [0.3, 0.4) is 0 Å². The average molecular weight is 227 g/mol. The molecule has 1 fully saturated rings. The molecule has 0 aromatic carbocycles. The van der Waals surface area contributed by atoms with E-state index in [0.29, 0.717) is 6.04 Å². The lowest BCUT2D eigenvalue weighted by Gasteiger charge is -2.21. The molecule has 1 rings (SSSR count). The summed E-state index contributed by atoms with van der Waals surface area (Å²) >= 11 is 0. The third kappa shape index (κ3) is 3.81. The summed E-state index contributed by atoms with van der Waals surface area (Å²) in [4.78, 5) is 24.7. The zero-order valence-corrected chi connectivity index (χ0v) is 10.4. The van der Waals surface area contributed by atoms with Crippen molar-refractivity contribution in [3.05, 3.63) is 0 Å². The first kappa shape index (κ1) is 13.0. The van der Waals surface area contributed by atoms with Gasteiger partial charge in [0.15, 0.2) is 0 Å². The number of rotatable bonds is 5. The zero-order chi connectivity index (χ0) is 12.3. The first-order chi connectivity index (χ1) is 7.41. The van der Waals surface area contributed by atoms with Crippen molar-refractivity contribution in [2.24, 2.45) is 0 Å². The van der Waals surface area contributed by atoms with Crippen molar-refractivity contribution in [1.29, 1.82) is 0 Å². The molecule has 1 aliphatic carbocycles. The Bertz CT molecular complexity index is 274. The summed E-state index contributed by atoms with van der Waals surface area (Å²) in [6, 6.07) is -0.314. The number of likely N-dealkylation sites (N-methyl/N-ethyl adjacent to an activating group) is 1. The normalized spacial score (nSPS) is 18.8. The maximum Gasteiger partial charge on any atom is 0.238 e. The summed E-state index contributed by atoms with van der Waals surface area (Å²) in [5, 5.41) is 5.89. The van der Waals surface area contributed by atoms with Crippen molar-refractivity contribution in [2.75, 3.05) is 14.1 Å². The Morgan fingerprint density at radius 1 is 1.19 bits per heavy atom. The standard InChI is InChI=1S/C11H21N3O2/c1-7(10(15)13-9-5-6-9)12-8(2)11(16)14(3)4/h7-9,12H,5-6H2,1-4H3,(H,13,15). The van der Waals surface area contributed by atoms with Gasteiger partial charge >= 0.3 is 0 Å². The van der Waals surface area contributed by atoms with Gasteiger partial charge in [-0.25, -0.2) is 0 Å². The minimum absolute atomic E-state index is 0.0222.